The minimum absolute atomic E-state index is 0.464. The van der Waals surface area contributed by atoms with Crippen molar-refractivity contribution >= 4 is 23.1 Å². The number of anilines is 1. The molecule has 6 nitrogen and oxygen atoms in total. The van der Waals surface area contributed by atoms with Crippen LogP contribution in [0.2, 0.25) is 0 Å². The molecular weight excluding hydrogens is 380 g/mol. The minimum Gasteiger partial charge on any atom is -0.357 e. The van der Waals surface area contributed by atoms with Crippen LogP contribution in [0.4, 0.5) is 5.82 Å². The van der Waals surface area contributed by atoms with E-state index in [4.69, 9.17) is 4.99 Å². The standard InChI is InChI=1S/C22H34N6S/c1-5-23-22(26-14-21-27-19(15-29-21)16(2)3)25-13-18-6-7-20(24-12-18)28-10-8-17(4)9-11-28/h6-7,12,15-17H,5,8-11,13-14H2,1-4H3,(H2,23,25,26). The molecule has 0 spiro atoms. The van der Waals surface area contributed by atoms with E-state index >= 15 is 0 Å². The lowest BCUT2D eigenvalue weighted by atomic mass is 9.99. The highest BCUT2D eigenvalue weighted by Gasteiger charge is 2.16. The van der Waals surface area contributed by atoms with Crippen LogP contribution in [0.5, 0.6) is 0 Å². The van der Waals surface area contributed by atoms with E-state index in [1.54, 1.807) is 11.3 Å². The van der Waals surface area contributed by atoms with Crippen LogP contribution in [0, 0.1) is 5.92 Å². The summed E-state index contributed by atoms with van der Waals surface area (Å²) in [5, 5.41) is 9.92. The molecule has 3 rings (SSSR count). The highest BCUT2D eigenvalue weighted by molar-refractivity contribution is 7.09. The van der Waals surface area contributed by atoms with Crippen LogP contribution in [0.15, 0.2) is 28.7 Å². The van der Waals surface area contributed by atoms with Gasteiger partial charge in [0, 0.05) is 31.2 Å². The Kier molecular flexibility index (Phi) is 7.86. The molecule has 1 saturated heterocycles. The topological polar surface area (TPSA) is 65.4 Å². The Morgan fingerprint density at radius 1 is 1.28 bits per heavy atom. The molecule has 0 saturated carbocycles. The average molecular weight is 415 g/mol. The lowest BCUT2D eigenvalue weighted by Gasteiger charge is -2.31. The predicted molar refractivity (Wildman–Crippen MR) is 123 cm³/mol. The van der Waals surface area contributed by atoms with Gasteiger partial charge in [0.1, 0.15) is 10.8 Å². The summed E-state index contributed by atoms with van der Waals surface area (Å²) < 4.78 is 0. The van der Waals surface area contributed by atoms with Crippen LogP contribution >= 0.6 is 11.3 Å². The summed E-state index contributed by atoms with van der Waals surface area (Å²) in [5.41, 5.74) is 2.27. The van der Waals surface area contributed by atoms with Crippen molar-refractivity contribution in [1.82, 2.24) is 20.6 Å². The molecule has 0 bridgehead atoms. The van der Waals surface area contributed by atoms with Crippen molar-refractivity contribution in [2.75, 3.05) is 24.5 Å². The fourth-order valence-corrected chi connectivity index (χ4v) is 4.17. The normalized spacial score (nSPS) is 15.8. The predicted octanol–water partition coefficient (Wildman–Crippen LogP) is 4.15. The van der Waals surface area contributed by atoms with Crippen molar-refractivity contribution in [3.63, 3.8) is 0 Å². The van der Waals surface area contributed by atoms with Crippen molar-refractivity contribution in [2.45, 2.75) is 59.5 Å². The number of rotatable bonds is 7. The van der Waals surface area contributed by atoms with Crippen LogP contribution in [0.1, 0.15) is 62.7 Å². The maximum atomic E-state index is 4.71. The highest BCUT2D eigenvalue weighted by Crippen LogP contribution is 2.21. The van der Waals surface area contributed by atoms with Crippen molar-refractivity contribution in [3.05, 3.63) is 40.0 Å². The zero-order chi connectivity index (χ0) is 20.6. The van der Waals surface area contributed by atoms with Gasteiger partial charge in [0.25, 0.3) is 0 Å². The number of piperidine rings is 1. The van der Waals surface area contributed by atoms with Gasteiger partial charge in [-0.2, -0.15) is 0 Å². The molecule has 2 aromatic rings. The van der Waals surface area contributed by atoms with Gasteiger partial charge in [-0.1, -0.05) is 26.8 Å². The van der Waals surface area contributed by atoms with Crippen LogP contribution in [0.25, 0.3) is 0 Å². The quantitative estimate of drug-likeness (QED) is 0.526. The first-order valence-electron chi connectivity index (χ1n) is 10.7. The van der Waals surface area contributed by atoms with Crippen LogP contribution in [0.3, 0.4) is 0 Å². The van der Waals surface area contributed by atoms with Gasteiger partial charge in [0.05, 0.1) is 18.8 Å². The molecule has 0 aliphatic carbocycles. The Balaban J connectivity index is 1.54. The van der Waals surface area contributed by atoms with Gasteiger partial charge in [0.2, 0.25) is 0 Å². The maximum Gasteiger partial charge on any atom is 0.191 e. The molecule has 0 radical (unpaired) electrons. The maximum absolute atomic E-state index is 4.71. The van der Waals surface area contributed by atoms with E-state index < -0.39 is 0 Å². The smallest absolute Gasteiger partial charge is 0.191 e. The second kappa shape index (κ2) is 10.6. The van der Waals surface area contributed by atoms with E-state index in [9.17, 15) is 0 Å². The molecular formula is C22H34N6S. The molecule has 1 aliphatic rings. The second-order valence-electron chi connectivity index (χ2n) is 8.06. The first-order valence-corrected chi connectivity index (χ1v) is 11.6. The number of nitrogens with one attached hydrogen (secondary N) is 2. The van der Waals surface area contributed by atoms with Gasteiger partial charge in [-0.15, -0.1) is 11.3 Å². The van der Waals surface area contributed by atoms with Gasteiger partial charge in [-0.25, -0.2) is 15.0 Å². The lowest BCUT2D eigenvalue weighted by molar-refractivity contribution is 0.436. The molecule has 0 unspecified atom stereocenters. The minimum atomic E-state index is 0.464. The van der Waals surface area contributed by atoms with E-state index in [0.29, 0.717) is 19.0 Å². The number of guanidine groups is 1. The summed E-state index contributed by atoms with van der Waals surface area (Å²) in [6.07, 6.45) is 4.46. The van der Waals surface area contributed by atoms with Crippen LogP contribution in [-0.2, 0) is 13.1 Å². The fourth-order valence-electron chi connectivity index (χ4n) is 3.28. The molecule has 2 aromatic heterocycles. The van der Waals surface area contributed by atoms with Crippen LogP contribution < -0.4 is 15.5 Å². The van der Waals surface area contributed by atoms with E-state index in [0.717, 1.165) is 53.6 Å². The summed E-state index contributed by atoms with van der Waals surface area (Å²) in [5.74, 6) is 3.19. The summed E-state index contributed by atoms with van der Waals surface area (Å²) in [7, 11) is 0. The molecule has 1 aliphatic heterocycles. The third kappa shape index (κ3) is 6.42. The van der Waals surface area contributed by atoms with Crippen molar-refractivity contribution < 1.29 is 0 Å². The Bertz CT molecular complexity index is 775. The molecule has 158 valence electrons. The SMILES string of the molecule is CCNC(=NCc1ccc(N2CCC(C)CC2)nc1)NCc1nc(C(C)C)cs1. The number of nitrogens with zero attached hydrogens (tertiary/aromatic N) is 4. The third-order valence-corrected chi connectivity index (χ3v) is 6.12. The van der Waals surface area contributed by atoms with E-state index in [2.05, 4.69) is 70.7 Å². The van der Waals surface area contributed by atoms with Gasteiger partial charge in [0.15, 0.2) is 5.96 Å². The van der Waals surface area contributed by atoms with E-state index in [1.807, 2.05) is 6.20 Å². The number of aliphatic imine (C=N–C) groups is 1. The van der Waals surface area contributed by atoms with Crippen molar-refractivity contribution in [1.29, 1.82) is 0 Å². The lowest BCUT2D eigenvalue weighted by Crippen LogP contribution is -2.36. The summed E-state index contributed by atoms with van der Waals surface area (Å²) >= 11 is 1.70. The second-order valence-corrected chi connectivity index (χ2v) is 9.01. The largest absolute Gasteiger partial charge is 0.357 e. The zero-order valence-electron chi connectivity index (χ0n) is 18.1. The van der Waals surface area contributed by atoms with Gasteiger partial charge >= 0.3 is 0 Å². The Labute approximate surface area is 178 Å². The number of hydrogen-bond donors (Lipinski definition) is 2. The highest BCUT2D eigenvalue weighted by atomic mass is 32.1. The molecule has 0 amide bonds. The van der Waals surface area contributed by atoms with Gasteiger partial charge < -0.3 is 15.5 Å². The monoisotopic (exact) mass is 414 g/mol. The van der Waals surface area contributed by atoms with Crippen molar-refractivity contribution in [2.24, 2.45) is 10.9 Å². The number of aromatic nitrogens is 2. The molecule has 2 N–H and O–H groups in total. The van der Waals surface area contributed by atoms with Crippen molar-refractivity contribution in [3.8, 4) is 0 Å². The summed E-state index contributed by atoms with van der Waals surface area (Å²) in [6, 6.07) is 4.27. The zero-order valence-corrected chi connectivity index (χ0v) is 18.9. The average Bonchev–Trinajstić information content (AvgIpc) is 3.21. The van der Waals surface area contributed by atoms with Gasteiger partial charge in [-0.3, -0.25) is 0 Å². The molecule has 7 heteroatoms. The Morgan fingerprint density at radius 3 is 2.69 bits per heavy atom. The molecule has 29 heavy (non-hydrogen) atoms. The number of pyridine rings is 1. The Morgan fingerprint density at radius 2 is 2.07 bits per heavy atom. The van der Waals surface area contributed by atoms with E-state index in [-0.39, 0.29) is 0 Å². The molecule has 1 fully saturated rings. The third-order valence-electron chi connectivity index (χ3n) is 5.25. The molecule has 0 aromatic carbocycles. The number of thiazole rings is 1. The van der Waals surface area contributed by atoms with E-state index in [1.165, 1.54) is 12.8 Å². The van der Waals surface area contributed by atoms with Crippen LogP contribution in [-0.4, -0.2) is 35.6 Å². The summed E-state index contributed by atoms with van der Waals surface area (Å²) in [4.78, 5) is 16.4. The fraction of sp³-hybridized carbons (Fsp3) is 0.591. The Hall–Kier alpha value is -2.15. The first-order chi connectivity index (χ1) is 14.0. The number of hydrogen-bond acceptors (Lipinski definition) is 5. The molecule has 0 atom stereocenters. The summed E-state index contributed by atoms with van der Waals surface area (Å²) in [6.45, 7) is 13.1. The first kappa shape index (κ1) is 21.6. The van der Waals surface area contributed by atoms with Gasteiger partial charge in [-0.05, 0) is 43.2 Å². The molecule has 3 heterocycles.